The normalized spacial score (nSPS) is 10.8. The zero-order chi connectivity index (χ0) is 17.0. The Kier molecular flexibility index (Phi) is 5.21. The molecule has 2 rings (SSSR count). The van der Waals surface area contributed by atoms with Gasteiger partial charge in [-0.05, 0) is 37.1 Å². The number of carbonyl (C=O) groups excluding carboxylic acids is 1. The molecule has 0 bridgehead atoms. The summed E-state index contributed by atoms with van der Waals surface area (Å²) in [6.07, 6.45) is 0.570. The Labute approximate surface area is 135 Å². The topological polar surface area (TPSA) is 79.5 Å². The third-order valence-corrected chi connectivity index (χ3v) is 3.62. The summed E-state index contributed by atoms with van der Waals surface area (Å²) in [7, 11) is 0. The summed E-state index contributed by atoms with van der Waals surface area (Å²) in [5, 5.41) is 11.8. The van der Waals surface area contributed by atoms with Crippen molar-refractivity contribution in [3.8, 4) is 0 Å². The lowest BCUT2D eigenvalue weighted by Gasteiger charge is -2.05. The van der Waals surface area contributed by atoms with E-state index in [1.54, 1.807) is 31.2 Å². The second-order valence-corrected chi connectivity index (χ2v) is 5.78. The van der Waals surface area contributed by atoms with Crippen LogP contribution in [0.2, 0.25) is 0 Å². The van der Waals surface area contributed by atoms with Crippen molar-refractivity contribution in [3.05, 3.63) is 58.5 Å². The van der Waals surface area contributed by atoms with Crippen LogP contribution in [0.1, 0.15) is 57.6 Å². The number of nitrogens with one attached hydrogen (secondary N) is 1. The highest BCUT2D eigenvalue weighted by Gasteiger charge is 2.16. The van der Waals surface area contributed by atoms with Crippen LogP contribution in [0.4, 0.5) is 0 Å². The van der Waals surface area contributed by atoms with E-state index in [4.69, 9.17) is 9.52 Å². The molecule has 1 aromatic heterocycles. The maximum atomic E-state index is 12.2. The Morgan fingerprint density at radius 1 is 1.26 bits per heavy atom. The van der Waals surface area contributed by atoms with Gasteiger partial charge in [0.2, 0.25) is 0 Å². The lowest BCUT2D eigenvalue weighted by atomic mass is 10.1. The van der Waals surface area contributed by atoms with Crippen molar-refractivity contribution in [2.75, 3.05) is 6.54 Å². The Morgan fingerprint density at radius 2 is 2.00 bits per heavy atom. The fraction of sp³-hybridized carbons (Fsp3) is 0.333. The van der Waals surface area contributed by atoms with E-state index in [-0.39, 0.29) is 17.4 Å². The maximum absolute atomic E-state index is 12.2. The Balaban J connectivity index is 1.95. The molecule has 5 heteroatoms. The van der Waals surface area contributed by atoms with E-state index in [2.05, 4.69) is 5.32 Å². The number of hydrogen-bond donors (Lipinski definition) is 2. The molecule has 23 heavy (non-hydrogen) atoms. The molecule has 0 saturated carbocycles. The van der Waals surface area contributed by atoms with Gasteiger partial charge in [0.1, 0.15) is 11.5 Å². The molecule has 0 radical (unpaired) electrons. The van der Waals surface area contributed by atoms with Crippen LogP contribution in [0.15, 0.2) is 34.7 Å². The quantitative estimate of drug-likeness (QED) is 0.856. The van der Waals surface area contributed by atoms with Crippen LogP contribution in [0.25, 0.3) is 0 Å². The first-order valence-electron chi connectivity index (χ1n) is 7.59. The predicted molar refractivity (Wildman–Crippen MR) is 87.0 cm³/mol. The van der Waals surface area contributed by atoms with E-state index in [9.17, 15) is 9.59 Å². The van der Waals surface area contributed by atoms with Crippen molar-refractivity contribution in [1.82, 2.24) is 5.32 Å². The largest absolute Gasteiger partial charge is 0.478 e. The number of carboxylic acid groups (broad SMARTS) is 1. The summed E-state index contributed by atoms with van der Waals surface area (Å²) in [5.74, 6) is 0.508. The maximum Gasteiger partial charge on any atom is 0.335 e. The smallest absolute Gasteiger partial charge is 0.335 e. The van der Waals surface area contributed by atoms with Crippen LogP contribution < -0.4 is 5.32 Å². The molecule has 0 aliphatic rings. The van der Waals surface area contributed by atoms with Crippen molar-refractivity contribution >= 4 is 11.9 Å². The molecule has 0 aliphatic carbocycles. The highest BCUT2D eigenvalue weighted by atomic mass is 16.4. The zero-order valence-corrected chi connectivity index (χ0v) is 13.6. The van der Waals surface area contributed by atoms with Crippen LogP contribution in [0.5, 0.6) is 0 Å². The summed E-state index contributed by atoms with van der Waals surface area (Å²) in [4.78, 5) is 23.1. The van der Waals surface area contributed by atoms with Gasteiger partial charge >= 0.3 is 5.97 Å². The van der Waals surface area contributed by atoms with E-state index in [0.29, 0.717) is 24.3 Å². The first-order valence-corrected chi connectivity index (χ1v) is 7.59. The molecule has 122 valence electrons. The van der Waals surface area contributed by atoms with Crippen LogP contribution in [-0.2, 0) is 6.42 Å². The van der Waals surface area contributed by atoms with Gasteiger partial charge in [0.25, 0.3) is 5.91 Å². The summed E-state index contributed by atoms with van der Waals surface area (Å²) in [5.41, 5.74) is 1.67. The van der Waals surface area contributed by atoms with Crippen LogP contribution in [0, 0.1) is 6.92 Å². The lowest BCUT2D eigenvalue weighted by molar-refractivity contribution is 0.0696. The van der Waals surface area contributed by atoms with E-state index >= 15 is 0 Å². The first kappa shape index (κ1) is 16.8. The van der Waals surface area contributed by atoms with Crippen molar-refractivity contribution in [2.45, 2.75) is 33.1 Å². The molecule has 1 amide bonds. The highest BCUT2D eigenvalue weighted by Crippen LogP contribution is 2.21. The Bertz CT molecular complexity index is 716. The van der Waals surface area contributed by atoms with Gasteiger partial charge in [-0.15, -0.1) is 0 Å². The van der Waals surface area contributed by atoms with Gasteiger partial charge in [-0.25, -0.2) is 4.79 Å². The molecule has 0 aliphatic heterocycles. The molecular formula is C18H21NO4. The summed E-state index contributed by atoms with van der Waals surface area (Å²) < 4.78 is 5.58. The number of amides is 1. The molecule has 2 N–H and O–H groups in total. The highest BCUT2D eigenvalue weighted by molar-refractivity contribution is 5.95. The molecule has 2 aromatic rings. The van der Waals surface area contributed by atoms with Gasteiger partial charge in [-0.3, -0.25) is 4.79 Å². The fourth-order valence-electron chi connectivity index (χ4n) is 2.29. The molecule has 1 heterocycles. The van der Waals surface area contributed by atoms with Gasteiger partial charge in [0.05, 0.1) is 11.1 Å². The number of carboxylic acids is 1. The molecule has 0 fully saturated rings. The monoisotopic (exact) mass is 315 g/mol. The minimum Gasteiger partial charge on any atom is -0.478 e. The number of hydrogen-bond acceptors (Lipinski definition) is 3. The number of furan rings is 1. The number of rotatable bonds is 6. The van der Waals surface area contributed by atoms with Gasteiger partial charge < -0.3 is 14.8 Å². The third-order valence-electron chi connectivity index (χ3n) is 3.62. The standard InChI is InChI=1S/C18H21NO4/c1-11(2)16-10-15(12(3)23-16)17(20)19-8-7-13-5-4-6-14(9-13)18(21)22/h4-6,9-11H,7-8H2,1-3H3,(H,19,20)(H,21,22). The van der Waals surface area contributed by atoms with Crippen molar-refractivity contribution < 1.29 is 19.1 Å². The fourth-order valence-corrected chi connectivity index (χ4v) is 2.29. The van der Waals surface area contributed by atoms with Crippen molar-refractivity contribution in [1.29, 1.82) is 0 Å². The molecule has 5 nitrogen and oxygen atoms in total. The average molecular weight is 315 g/mol. The number of carbonyl (C=O) groups is 2. The van der Waals surface area contributed by atoms with E-state index in [1.165, 1.54) is 0 Å². The van der Waals surface area contributed by atoms with E-state index < -0.39 is 5.97 Å². The van der Waals surface area contributed by atoms with Gasteiger partial charge in [0.15, 0.2) is 0 Å². The number of aryl methyl sites for hydroxylation is 1. The predicted octanol–water partition coefficient (Wildman–Crippen LogP) is 3.38. The molecular weight excluding hydrogens is 294 g/mol. The number of aromatic carboxylic acids is 1. The van der Waals surface area contributed by atoms with Gasteiger partial charge in [-0.2, -0.15) is 0 Å². The summed E-state index contributed by atoms with van der Waals surface area (Å²) in [6, 6.07) is 8.50. The molecule has 1 aromatic carbocycles. The Morgan fingerprint density at radius 3 is 2.61 bits per heavy atom. The van der Waals surface area contributed by atoms with Crippen LogP contribution in [0.3, 0.4) is 0 Å². The minimum atomic E-state index is -0.953. The van der Waals surface area contributed by atoms with Crippen molar-refractivity contribution in [2.24, 2.45) is 0 Å². The second-order valence-electron chi connectivity index (χ2n) is 5.78. The van der Waals surface area contributed by atoms with Crippen LogP contribution >= 0.6 is 0 Å². The molecule has 0 atom stereocenters. The van der Waals surface area contributed by atoms with E-state index in [0.717, 1.165) is 11.3 Å². The molecule has 0 spiro atoms. The lowest BCUT2D eigenvalue weighted by Crippen LogP contribution is -2.25. The third kappa shape index (κ3) is 4.22. The summed E-state index contributed by atoms with van der Waals surface area (Å²) >= 11 is 0. The molecule has 0 unspecified atom stereocenters. The van der Waals surface area contributed by atoms with Crippen LogP contribution in [-0.4, -0.2) is 23.5 Å². The van der Waals surface area contributed by atoms with E-state index in [1.807, 2.05) is 19.9 Å². The molecule has 0 saturated heterocycles. The van der Waals surface area contributed by atoms with Crippen molar-refractivity contribution in [3.63, 3.8) is 0 Å². The van der Waals surface area contributed by atoms with Gasteiger partial charge in [-0.1, -0.05) is 26.0 Å². The SMILES string of the molecule is Cc1oc(C(C)C)cc1C(=O)NCCc1cccc(C(=O)O)c1. The second kappa shape index (κ2) is 7.13. The average Bonchev–Trinajstić information content (AvgIpc) is 2.90. The minimum absolute atomic E-state index is 0.174. The first-order chi connectivity index (χ1) is 10.9. The summed E-state index contributed by atoms with van der Waals surface area (Å²) in [6.45, 7) is 6.23. The van der Waals surface area contributed by atoms with Gasteiger partial charge in [0, 0.05) is 12.5 Å². The Hall–Kier alpha value is -2.56. The zero-order valence-electron chi connectivity index (χ0n) is 13.6. The number of benzene rings is 1.